The average Bonchev–Trinajstić information content (AvgIpc) is 2.54. The molecule has 1 fully saturated rings. The summed E-state index contributed by atoms with van der Waals surface area (Å²) in [6.45, 7) is 4.08. The summed E-state index contributed by atoms with van der Waals surface area (Å²) in [5, 5.41) is 3.06. The second kappa shape index (κ2) is 5.96. The normalized spacial score (nSPS) is 21.2. The highest BCUT2D eigenvalue weighted by Crippen LogP contribution is 2.17. The third-order valence-electron chi connectivity index (χ3n) is 3.01. The number of hydrogen-bond acceptors (Lipinski definition) is 4. The van der Waals surface area contributed by atoms with Gasteiger partial charge in [0.1, 0.15) is 0 Å². The van der Waals surface area contributed by atoms with Crippen molar-refractivity contribution < 1.29 is 9.59 Å². The molecule has 1 saturated heterocycles. The van der Waals surface area contributed by atoms with Crippen molar-refractivity contribution in [1.82, 2.24) is 15.1 Å². The number of carbonyl (C=O) groups excluding carboxylic acids is 2. The molecule has 16 heavy (non-hydrogen) atoms. The van der Waals surface area contributed by atoms with Gasteiger partial charge in [0.2, 0.25) is 11.8 Å². The van der Waals surface area contributed by atoms with Gasteiger partial charge in [0, 0.05) is 6.54 Å². The van der Waals surface area contributed by atoms with Crippen LogP contribution in [0.15, 0.2) is 0 Å². The first-order valence-electron chi connectivity index (χ1n) is 5.80. The number of amides is 2. The molecule has 1 N–H and O–H groups in total. The molecular formula is C11H21N3O2. The zero-order chi connectivity index (χ0) is 12.1. The Morgan fingerprint density at radius 1 is 1.50 bits per heavy atom. The standard InChI is InChI=1S/C11H21N3O2/c1-4-14-10(15)8-9(11(14)16)13(3)7-5-6-12-2/h9,12H,4-8H2,1-3H3. The first-order valence-corrected chi connectivity index (χ1v) is 5.80. The molecule has 5 heteroatoms. The lowest BCUT2D eigenvalue weighted by molar-refractivity contribution is -0.139. The van der Waals surface area contributed by atoms with E-state index in [0.29, 0.717) is 13.0 Å². The Hall–Kier alpha value is -0.940. The minimum absolute atomic E-state index is 0.0422. The largest absolute Gasteiger partial charge is 0.320 e. The van der Waals surface area contributed by atoms with Gasteiger partial charge >= 0.3 is 0 Å². The number of rotatable bonds is 6. The molecule has 1 heterocycles. The van der Waals surface area contributed by atoms with E-state index < -0.39 is 0 Å². The average molecular weight is 227 g/mol. The van der Waals surface area contributed by atoms with Crippen LogP contribution in [-0.4, -0.2) is 61.4 Å². The van der Waals surface area contributed by atoms with E-state index in [0.717, 1.165) is 19.5 Å². The van der Waals surface area contributed by atoms with Gasteiger partial charge in [-0.05, 0) is 40.5 Å². The maximum absolute atomic E-state index is 11.9. The highest BCUT2D eigenvalue weighted by Gasteiger charge is 2.39. The molecule has 1 aliphatic heterocycles. The topological polar surface area (TPSA) is 52.7 Å². The van der Waals surface area contributed by atoms with Crippen LogP contribution in [0.5, 0.6) is 0 Å². The summed E-state index contributed by atoms with van der Waals surface area (Å²) in [5.74, 6) is -0.0857. The Kier molecular flexibility index (Phi) is 4.89. The number of carbonyl (C=O) groups is 2. The van der Waals surface area contributed by atoms with Crippen molar-refractivity contribution in [1.29, 1.82) is 0 Å². The van der Waals surface area contributed by atoms with Gasteiger partial charge in [-0.15, -0.1) is 0 Å². The maximum Gasteiger partial charge on any atom is 0.247 e. The lowest BCUT2D eigenvalue weighted by Gasteiger charge is -2.22. The van der Waals surface area contributed by atoms with E-state index in [9.17, 15) is 9.59 Å². The predicted octanol–water partition coefficient (Wildman–Crippen LogP) is -0.325. The Labute approximate surface area is 96.8 Å². The lowest BCUT2D eigenvalue weighted by Crippen LogP contribution is -2.40. The highest BCUT2D eigenvalue weighted by atomic mass is 16.2. The summed E-state index contributed by atoms with van der Waals surface area (Å²) in [6.07, 6.45) is 1.32. The zero-order valence-electron chi connectivity index (χ0n) is 10.3. The van der Waals surface area contributed by atoms with Crippen LogP contribution in [0.4, 0.5) is 0 Å². The van der Waals surface area contributed by atoms with Gasteiger partial charge in [0.25, 0.3) is 0 Å². The van der Waals surface area contributed by atoms with Crippen LogP contribution in [0.25, 0.3) is 0 Å². The molecule has 1 rings (SSSR count). The van der Waals surface area contributed by atoms with Crippen LogP contribution < -0.4 is 5.32 Å². The molecule has 1 unspecified atom stereocenters. The number of nitrogens with one attached hydrogen (secondary N) is 1. The van der Waals surface area contributed by atoms with Gasteiger partial charge in [-0.2, -0.15) is 0 Å². The molecule has 0 aromatic carbocycles. The quantitative estimate of drug-likeness (QED) is 0.499. The van der Waals surface area contributed by atoms with Crippen molar-refractivity contribution in [3.05, 3.63) is 0 Å². The fraction of sp³-hybridized carbons (Fsp3) is 0.818. The zero-order valence-corrected chi connectivity index (χ0v) is 10.3. The molecule has 1 atom stereocenters. The van der Waals surface area contributed by atoms with Gasteiger partial charge in [-0.1, -0.05) is 0 Å². The molecule has 0 radical (unpaired) electrons. The minimum atomic E-state index is -0.246. The molecular weight excluding hydrogens is 206 g/mol. The van der Waals surface area contributed by atoms with E-state index in [-0.39, 0.29) is 17.9 Å². The lowest BCUT2D eigenvalue weighted by atomic mass is 10.2. The van der Waals surface area contributed by atoms with E-state index in [2.05, 4.69) is 5.32 Å². The van der Waals surface area contributed by atoms with Crippen molar-refractivity contribution in [3.63, 3.8) is 0 Å². The Balaban J connectivity index is 2.48. The Bertz CT molecular complexity index is 268. The monoisotopic (exact) mass is 227 g/mol. The van der Waals surface area contributed by atoms with E-state index in [4.69, 9.17) is 0 Å². The summed E-state index contributed by atoms with van der Waals surface area (Å²) in [5.41, 5.74) is 0. The molecule has 0 aromatic heterocycles. The number of likely N-dealkylation sites (N-methyl/N-ethyl adjacent to an activating group) is 2. The van der Waals surface area contributed by atoms with E-state index in [1.165, 1.54) is 4.90 Å². The van der Waals surface area contributed by atoms with Crippen molar-refractivity contribution in [2.24, 2.45) is 0 Å². The summed E-state index contributed by atoms with van der Waals surface area (Å²) in [7, 11) is 3.81. The Morgan fingerprint density at radius 3 is 2.69 bits per heavy atom. The first kappa shape index (κ1) is 13.1. The van der Waals surface area contributed by atoms with Crippen LogP contribution in [0, 0.1) is 0 Å². The number of likely N-dealkylation sites (tertiary alicyclic amines) is 1. The summed E-state index contributed by atoms with van der Waals surface area (Å²) in [4.78, 5) is 26.7. The van der Waals surface area contributed by atoms with Gasteiger partial charge in [-0.25, -0.2) is 0 Å². The smallest absolute Gasteiger partial charge is 0.247 e. The van der Waals surface area contributed by atoms with Gasteiger partial charge in [0.15, 0.2) is 0 Å². The molecule has 5 nitrogen and oxygen atoms in total. The molecule has 0 aliphatic carbocycles. The van der Waals surface area contributed by atoms with Gasteiger partial charge in [-0.3, -0.25) is 19.4 Å². The third kappa shape index (κ3) is 2.80. The summed E-state index contributed by atoms with van der Waals surface area (Å²) < 4.78 is 0. The first-order chi connectivity index (χ1) is 7.61. The predicted molar refractivity (Wildman–Crippen MR) is 62.0 cm³/mol. The van der Waals surface area contributed by atoms with E-state index in [1.54, 1.807) is 0 Å². The molecule has 0 aromatic rings. The van der Waals surface area contributed by atoms with Crippen LogP contribution >= 0.6 is 0 Å². The molecule has 0 spiro atoms. The summed E-state index contributed by atoms with van der Waals surface area (Å²) in [6, 6.07) is -0.246. The molecule has 0 bridgehead atoms. The van der Waals surface area contributed by atoms with Gasteiger partial charge in [0.05, 0.1) is 12.5 Å². The van der Waals surface area contributed by atoms with Crippen molar-refractivity contribution >= 4 is 11.8 Å². The molecule has 1 aliphatic rings. The SMILES string of the molecule is CCN1C(=O)CC(N(C)CCCNC)C1=O. The fourth-order valence-electron chi connectivity index (χ4n) is 2.00. The highest BCUT2D eigenvalue weighted by molar-refractivity contribution is 6.05. The molecule has 2 amide bonds. The number of hydrogen-bond donors (Lipinski definition) is 1. The summed E-state index contributed by atoms with van der Waals surface area (Å²) >= 11 is 0. The number of imide groups is 1. The van der Waals surface area contributed by atoms with Crippen LogP contribution in [0.3, 0.4) is 0 Å². The molecule has 92 valence electrons. The van der Waals surface area contributed by atoms with Crippen LogP contribution in [0.1, 0.15) is 19.8 Å². The van der Waals surface area contributed by atoms with Crippen LogP contribution in [-0.2, 0) is 9.59 Å². The van der Waals surface area contributed by atoms with Crippen LogP contribution in [0.2, 0.25) is 0 Å². The fourth-order valence-corrected chi connectivity index (χ4v) is 2.00. The minimum Gasteiger partial charge on any atom is -0.320 e. The van der Waals surface area contributed by atoms with Crippen molar-refractivity contribution in [2.45, 2.75) is 25.8 Å². The number of nitrogens with zero attached hydrogens (tertiary/aromatic N) is 2. The van der Waals surface area contributed by atoms with E-state index >= 15 is 0 Å². The van der Waals surface area contributed by atoms with E-state index in [1.807, 2.05) is 25.9 Å². The second-order valence-electron chi connectivity index (χ2n) is 4.13. The molecule has 0 saturated carbocycles. The van der Waals surface area contributed by atoms with Gasteiger partial charge < -0.3 is 5.32 Å². The van der Waals surface area contributed by atoms with Crippen molar-refractivity contribution in [2.75, 3.05) is 33.7 Å². The maximum atomic E-state index is 11.9. The third-order valence-corrected chi connectivity index (χ3v) is 3.01. The Morgan fingerprint density at radius 2 is 2.19 bits per heavy atom. The van der Waals surface area contributed by atoms with Crippen molar-refractivity contribution in [3.8, 4) is 0 Å². The second-order valence-corrected chi connectivity index (χ2v) is 4.13.